The van der Waals surface area contributed by atoms with Gasteiger partial charge in [0.15, 0.2) is 0 Å². The van der Waals surface area contributed by atoms with Gasteiger partial charge in [-0.1, -0.05) is 6.92 Å². The van der Waals surface area contributed by atoms with E-state index in [9.17, 15) is 5.11 Å². The molecule has 3 nitrogen and oxygen atoms in total. The second-order valence-electron chi connectivity index (χ2n) is 4.99. The van der Waals surface area contributed by atoms with Crippen molar-refractivity contribution in [2.45, 2.75) is 58.1 Å². The van der Waals surface area contributed by atoms with Gasteiger partial charge in [-0.3, -0.25) is 4.68 Å². The van der Waals surface area contributed by atoms with Gasteiger partial charge in [0.2, 0.25) is 0 Å². The fraction of sp³-hybridized carbons (Fsp3) is 0.769. The summed E-state index contributed by atoms with van der Waals surface area (Å²) in [4.78, 5) is 0. The van der Waals surface area contributed by atoms with E-state index in [2.05, 4.69) is 25.0 Å². The molecule has 1 aliphatic rings. The van der Waals surface area contributed by atoms with E-state index in [0.717, 1.165) is 25.0 Å². The van der Waals surface area contributed by atoms with Crippen molar-refractivity contribution in [3.05, 3.63) is 18.0 Å². The van der Waals surface area contributed by atoms with Gasteiger partial charge in [-0.05, 0) is 51.0 Å². The van der Waals surface area contributed by atoms with Crippen LogP contribution < -0.4 is 0 Å². The van der Waals surface area contributed by atoms with Crippen molar-refractivity contribution in [3.63, 3.8) is 0 Å². The fourth-order valence-corrected chi connectivity index (χ4v) is 1.96. The molecule has 1 fully saturated rings. The van der Waals surface area contributed by atoms with Gasteiger partial charge < -0.3 is 5.11 Å². The van der Waals surface area contributed by atoms with Crippen LogP contribution in [-0.2, 0) is 6.42 Å². The van der Waals surface area contributed by atoms with E-state index in [1.165, 1.54) is 12.8 Å². The van der Waals surface area contributed by atoms with Gasteiger partial charge in [0, 0.05) is 12.2 Å². The molecular formula is C13H22N2O. The Bertz CT molecular complexity index is 330. The molecular weight excluding hydrogens is 200 g/mol. The fourth-order valence-electron chi connectivity index (χ4n) is 1.96. The van der Waals surface area contributed by atoms with Crippen LogP contribution in [0.3, 0.4) is 0 Å². The maximum Gasteiger partial charge on any atom is 0.0625 e. The lowest BCUT2D eigenvalue weighted by atomic mass is 10.1. The molecule has 2 unspecified atom stereocenters. The maximum atomic E-state index is 9.78. The van der Waals surface area contributed by atoms with Crippen molar-refractivity contribution < 1.29 is 5.11 Å². The van der Waals surface area contributed by atoms with E-state index in [1.807, 2.05) is 10.9 Å². The van der Waals surface area contributed by atoms with Crippen molar-refractivity contribution in [1.29, 1.82) is 0 Å². The molecule has 0 aromatic carbocycles. The third-order valence-electron chi connectivity index (χ3n) is 3.57. The Morgan fingerprint density at radius 1 is 1.56 bits per heavy atom. The summed E-state index contributed by atoms with van der Waals surface area (Å²) in [7, 11) is 0. The molecule has 1 heterocycles. The standard InChI is InChI=1S/C13H22N2O/c1-3-10(2)15-9-8-12(14-15)6-7-13(16)11-4-5-11/h8-11,13,16H,3-7H2,1-2H3. The molecule has 3 heteroatoms. The van der Waals surface area contributed by atoms with Gasteiger partial charge in [-0.15, -0.1) is 0 Å². The number of aliphatic hydroxyl groups excluding tert-OH is 1. The summed E-state index contributed by atoms with van der Waals surface area (Å²) < 4.78 is 2.03. The second-order valence-corrected chi connectivity index (χ2v) is 4.99. The van der Waals surface area contributed by atoms with Gasteiger partial charge >= 0.3 is 0 Å². The lowest BCUT2D eigenvalue weighted by Gasteiger charge is -2.09. The molecule has 90 valence electrons. The van der Waals surface area contributed by atoms with Crippen molar-refractivity contribution in [2.24, 2.45) is 5.92 Å². The topological polar surface area (TPSA) is 38.0 Å². The Hall–Kier alpha value is -0.830. The Morgan fingerprint density at radius 2 is 2.31 bits per heavy atom. The highest BCUT2D eigenvalue weighted by Crippen LogP contribution is 2.34. The van der Waals surface area contributed by atoms with Gasteiger partial charge in [-0.2, -0.15) is 5.10 Å². The van der Waals surface area contributed by atoms with Crippen LogP contribution in [-0.4, -0.2) is 21.0 Å². The second kappa shape index (κ2) is 5.00. The predicted molar refractivity (Wildman–Crippen MR) is 64.3 cm³/mol. The van der Waals surface area contributed by atoms with Crippen LogP contribution in [0.4, 0.5) is 0 Å². The molecule has 0 bridgehead atoms. The van der Waals surface area contributed by atoms with Crippen molar-refractivity contribution >= 4 is 0 Å². The Kier molecular flexibility index (Phi) is 3.64. The minimum absolute atomic E-state index is 0.103. The monoisotopic (exact) mass is 222 g/mol. The van der Waals surface area contributed by atoms with Crippen LogP contribution >= 0.6 is 0 Å². The zero-order valence-electron chi connectivity index (χ0n) is 10.3. The Labute approximate surface area is 97.5 Å². The van der Waals surface area contributed by atoms with E-state index in [-0.39, 0.29) is 6.10 Å². The van der Waals surface area contributed by atoms with Gasteiger partial charge in [0.25, 0.3) is 0 Å². The molecule has 1 aromatic heterocycles. The predicted octanol–water partition coefficient (Wildman–Crippen LogP) is 2.56. The highest BCUT2D eigenvalue weighted by atomic mass is 16.3. The third kappa shape index (κ3) is 2.85. The smallest absolute Gasteiger partial charge is 0.0625 e. The normalized spacial score (nSPS) is 19.7. The SMILES string of the molecule is CCC(C)n1ccc(CCC(O)C2CC2)n1. The first-order chi connectivity index (χ1) is 7.70. The molecule has 0 saturated heterocycles. The third-order valence-corrected chi connectivity index (χ3v) is 3.57. The molecule has 0 aliphatic heterocycles. The van der Waals surface area contributed by atoms with Crippen molar-refractivity contribution in [2.75, 3.05) is 0 Å². The van der Waals surface area contributed by atoms with Crippen LogP contribution in [0.1, 0.15) is 51.3 Å². The first kappa shape index (κ1) is 11.6. The first-order valence-corrected chi connectivity index (χ1v) is 6.42. The number of aromatic nitrogens is 2. The molecule has 1 saturated carbocycles. The minimum atomic E-state index is -0.103. The van der Waals surface area contributed by atoms with Crippen molar-refractivity contribution in [3.8, 4) is 0 Å². The number of hydrogen-bond acceptors (Lipinski definition) is 2. The van der Waals surface area contributed by atoms with Crippen LogP contribution in [0.15, 0.2) is 12.3 Å². The van der Waals surface area contributed by atoms with Crippen LogP contribution in [0.5, 0.6) is 0 Å². The van der Waals surface area contributed by atoms with Crippen LogP contribution in [0.2, 0.25) is 0 Å². The van der Waals surface area contributed by atoms with E-state index in [1.54, 1.807) is 0 Å². The Balaban J connectivity index is 1.82. The van der Waals surface area contributed by atoms with E-state index < -0.39 is 0 Å². The quantitative estimate of drug-likeness (QED) is 0.803. The number of rotatable bonds is 6. The summed E-state index contributed by atoms with van der Waals surface area (Å²) in [6, 6.07) is 2.55. The minimum Gasteiger partial charge on any atom is -0.393 e. The van der Waals surface area contributed by atoms with Gasteiger partial charge in [0.05, 0.1) is 11.8 Å². The number of hydrogen-bond donors (Lipinski definition) is 1. The van der Waals surface area contributed by atoms with Gasteiger partial charge in [-0.25, -0.2) is 0 Å². The molecule has 2 atom stereocenters. The molecule has 1 N–H and O–H groups in total. The highest BCUT2D eigenvalue weighted by Gasteiger charge is 2.29. The van der Waals surface area contributed by atoms with Crippen molar-refractivity contribution in [1.82, 2.24) is 9.78 Å². The summed E-state index contributed by atoms with van der Waals surface area (Å²) in [5.41, 5.74) is 1.11. The molecule has 1 aliphatic carbocycles. The van der Waals surface area contributed by atoms with E-state index >= 15 is 0 Å². The molecule has 0 radical (unpaired) electrons. The zero-order chi connectivity index (χ0) is 11.5. The number of aryl methyl sites for hydroxylation is 1. The Morgan fingerprint density at radius 3 is 2.94 bits per heavy atom. The first-order valence-electron chi connectivity index (χ1n) is 6.42. The van der Waals surface area contributed by atoms with E-state index in [0.29, 0.717) is 12.0 Å². The average Bonchev–Trinajstić information content (AvgIpc) is 3.04. The molecule has 0 spiro atoms. The summed E-state index contributed by atoms with van der Waals surface area (Å²) in [6.45, 7) is 4.35. The van der Waals surface area contributed by atoms with E-state index in [4.69, 9.17) is 0 Å². The summed E-state index contributed by atoms with van der Waals surface area (Å²) in [5, 5.41) is 14.3. The molecule has 16 heavy (non-hydrogen) atoms. The molecule has 1 aromatic rings. The maximum absolute atomic E-state index is 9.78. The lowest BCUT2D eigenvalue weighted by Crippen LogP contribution is -2.11. The van der Waals surface area contributed by atoms with Crippen LogP contribution in [0, 0.1) is 5.92 Å². The molecule has 0 amide bonds. The summed E-state index contributed by atoms with van der Waals surface area (Å²) in [5.74, 6) is 0.580. The molecule has 2 rings (SSSR count). The number of aliphatic hydroxyl groups is 1. The summed E-state index contributed by atoms with van der Waals surface area (Å²) >= 11 is 0. The largest absolute Gasteiger partial charge is 0.393 e. The zero-order valence-corrected chi connectivity index (χ0v) is 10.3. The summed E-state index contributed by atoms with van der Waals surface area (Å²) in [6.07, 6.45) is 7.24. The van der Waals surface area contributed by atoms with Gasteiger partial charge in [0.1, 0.15) is 0 Å². The average molecular weight is 222 g/mol. The lowest BCUT2D eigenvalue weighted by molar-refractivity contribution is 0.141. The van der Waals surface area contributed by atoms with Crippen LogP contribution in [0.25, 0.3) is 0 Å². The number of nitrogens with zero attached hydrogens (tertiary/aromatic N) is 2. The highest BCUT2D eigenvalue weighted by molar-refractivity contribution is 5.00.